The first-order valence-electron chi connectivity index (χ1n) is 12.6. The molecule has 0 bridgehead atoms. The van der Waals surface area contributed by atoms with Gasteiger partial charge in [0, 0.05) is 11.3 Å². The molecule has 3 aliphatic rings. The first kappa shape index (κ1) is 26.0. The molecule has 2 aliphatic heterocycles. The monoisotopic (exact) mass is 586 g/mol. The average molecular weight is 588 g/mol. The topological polar surface area (TPSA) is 77.1 Å². The van der Waals surface area contributed by atoms with Crippen LogP contribution in [0.5, 0.6) is 17.2 Å². The lowest BCUT2D eigenvalue weighted by molar-refractivity contribution is -0.135. The van der Waals surface area contributed by atoms with Gasteiger partial charge in [-0.1, -0.05) is 25.0 Å². The van der Waals surface area contributed by atoms with Crippen molar-refractivity contribution in [1.29, 1.82) is 0 Å². The highest BCUT2D eigenvalue weighted by Crippen LogP contribution is 2.42. The predicted molar refractivity (Wildman–Crippen MR) is 148 cm³/mol. The van der Waals surface area contributed by atoms with Gasteiger partial charge >= 0.3 is 0 Å². The van der Waals surface area contributed by atoms with E-state index in [1.165, 1.54) is 0 Å². The number of hydrogen-bond acceptors (Lipinski definition) is 6. The Balaban J connectivity index is 1.31. The molecule has 1 N–H and O–H groups in total. The quantitative estimate of drug-likeness (QED) is 0.461. The van der Waals surface area contributed by atoms with Gasteiger partial charge in [0.1, 0.15) is 25.5 Å². The van der Waals surface area contributed by atoms with Gasteiger partial charge in [-0.25, -0.2) is 0 Å². The summed E-state index contributed by atoms with van der Waals surface area (Å²) in [6, 6.07) is 11.3. The van der Waals surface area contributed by atoms with E-state index in [-0.39, 0.29) is 30.4 Å². The molecule has 2 fully saturated rings. The molecule has 0 radical (unpaired) electrons. The zero-order chi connectivity index (χ0) is 25.9. The van der Waals surface area contributed by atoms with Gasteiger partial charge in [0.05, 0.1) is 22.5 Å². The second-order valence-corrected chi connectivity index (χ2v) is 11.7. The Morgan fingerprint density at radius 2 is 1.97 bits per heavy atom. The molecular weight excluding hydrogens is 556 g/mol. The third-order valence-electron chi connectivity index (χ3n) is 7.05. The summed E-state index contributed by atoms with van der Waals surface area (Å²) >= 11 is 5.18. The lowest BCUT2D eigenvalue weighted by Gasteiger charge is -2.44. The van der Waals surface area contributed by atoms with Crippen molar-refractivity contribution < 1.29 is 23.8 Å². The minimum absolute atomic E-state index is 0.0408. The fourth-order valence-electron chi connectivity index (χ4n) is 5.14. The molecule has 2 amide bonds. The fourth-order valence-corrected chi connectivity index (χ4v) is 7.17. The van der Waals surface area contributed by atoms with E-state index in [0.29, 0.717) is 29.1 Å². The number of hydrogen-bond donors (Lipinski definition) is 1. The Hall–Kier alpha value is -2.65. The molecule has 9 heteroatoms. The molecular formula is C28H31BrN2O5S. The third-order valence-corrected chi connectivity index (χ3v) is 9.07. The molecule has 2 aromatic carbocycles. The summed E-state index contributed by atoms with van der Waals surface area (Å²) in [5.74, 6) is 1.90. The van der Waals surface area contributed by atoms with Crippen LogP contribution in [-0.2, 0) is 9.59 Å². The number of carbonyl (C=O) groups is 2. The van der Waals surface area contributed by atoms with E-state index >= 15 is 0 Å². The van der Waals surface area contributed by atoms with Crippen molar-refractivity contribution >= 4 is 45.6 Å². The highest BCUT2D eigenvalue weighted by atomic mass is 79.9. The van der Waals surface area contributed by atoms with Gasteiger partial charge in [0.2, 0.25) is 5.91 Å². The Labute approximate surface area is 230 Å². The number of rotatable bonds is 6. The lowest BCUT2D eigenvalue weighted by atomic mass is 9.93. The molecule has 196 valence electrons. The number of nitrogens with one attached hydrogen (secondary N) is 1. The van der Waals surface area contributed by atoms with Gasteiger partial charge in [-0.15, -0.1) is 11.8 Å². The normalized spacial score (nSPS) is 22.8. The maximum Gasteiger partial charge on any atom is 0.261 e. The summed E-state index contributed by atoms with van der Waals surface area (Å²) in [4.78, 5) is 29.3. The first-order valence-corrected chi connectivity index (χ1v) is 14.3. The van der Waals surface area contributed by atoms with E-state index in [1.54, 1.807) is 23.8 Å². The maximum absolute atomic E-state index is 13.6. The summed E-state index contributed by atoms with van der Waals surface area (Å²) in [5, 5.41) is 3.37. The van der Waals surface area contributed by atoms with Gasteiger partial charge < -0.3 is 24.4 Å². The molecule has 2 heterocycles. The van der Waals surface area contributed by atoms with Gasteiger partial charge in [0.15, 0.2) is 11.5 Å². The fraction of sp³-hybridized carbons (Fsp3) is 0.429. The number of amides is 2. The van der Waals surface area contributed by atoms with Gasteiger partial charge in [-0.3, -0.25) is 9.59 Å². The number of ether oxygens (including phenoxy) is 3. The van der Waals surface area contributed by atoms with Crippen molar-refractivity contribution in [3.63, 3.8) is 0 Å². The number of carbonyl (C=O) groups excluding carboxylic acids is 2. The Kier molecular flexibility index (Phi) is 8.00. The zero-order valence-corrected chi connectivity index (χ0v) is 23.4. The zero-order valence-electron chi connectivity index (χ0n) is 21.0. The highest BCUT2D eigenvalue weighted by Gasteiger charge is 2.41. The van der Waals surface area contributed by atoms with Crippen LogP contribution < -0.4 is 19.5 Å². The van der Waals surface area contributed by atoms with E-state index < -0.39 is 0 Å². The van der Waals surface area contributed by atoms with Crippen LogP contribution in [0, 0.1) is 0 Å². The van der Waals surface area contributed by atoms with E-state index in [0.717, 1.165) is 52.8 Å². The summed E-state index contributed by atoms with van der Waals surface area (Å²) in [7, 11) is 1.62. The number of nitrogens with zero attached hydrogens (tertiary/aromatic N) is 1. The van der Waals surface area contributed by atoms with E-state index in [2.05, 4.69) is 21.2 Å². The summed E-state index contributed by atoms with van der Waals surface area (Å²) < 4.78 is 17.4. The van der Waals surface area contributed by atoms with Crippen LogP contribution in [0.4, 0.5) is 0 Å². The Morgan fingerprint density at radius 1 is 1.19 bits per heavy atom. The molecule has 0 spiro atoms. The summed E-state index contributed by atoms with van der Waals surface area (Å²) in [6.45, 7) is 3.03. The van der Waals surface area contributed by atoms with Crippen LogP contribution in [-0.4, -0.2) is 54.9 Å². The molecule has 0 aromatic heterocycles. The minimum Gasteiger partial charge on any atom is -0.496 e. The van der Waals surface area contributed by atoms with Crippen LogP contribution in [0.2, 0.25) is 0 Å². The lowest BCUT2D eigenvalue weighted by Crippen LogP contribution is -2.54. The van der Waals surface area contributed by atoms with Crippen LogP contribution in [0.3, 0.4) is 0 Å². The van der Waals surface area contributed by atoms with Crippen molar-refractivity contribution in [2.24, 2.45) is 0 Å². The second kappa shape index (κ2) is 11.4. The average Bonchev–Trinajstić information content (AvgIpc) is 2.90. The Morgan fingerprint density at radius 3 is 2.76 bits per heavy atom. The van der Waals surface area contributed by atoms with Crippen LogP contribution >= 0.6 is 27.7 Å². The smallest absolute Gasteiger partial charge is 0.261 e. The molecule has 1 saturated heterocycles. The van der Waals surface area contributed by atoms with Gasteiger partial charge in [-0.05, 0) is 77.2 Å². The molecule has 1 saturated carbocycles. The standard InChI is InChI=1S/C28H31BrN2O5S/c1-17(19-8-10-23-24(15-19)36-12-11-35-23)30-27(32)16-31-21-5-3-4-6-25(21)37-26(28(31)33)14-18-7-9-22(34-2)20(29)13-18/h7-10,13-15,17,21,25H,3-6,11-12,16H2,1-2H3,(H,30,32)/b26-14+. The van der Waals surface area contributed by atoms with Crippen molar-refractivity contribution in [3.8, 4) is 17.2 Å². The van der Waals surface area contributed by atoms with E-state index in [1.807, 2.05) is 49.4 Å². The van der Waals surface area contributed by atoms with Crippen molar-refractivity contribution in [2.45, 2.75) is 49.9 Å². The van der Waals surface area contributed by atoms with E-state index in [9.17, 15) is 9.59 Å². The number of halogens is 1. The third kappa shape index (κ3) is 5.77. The highest BCUT2D eigenvalue weighted by molar-refractivity contribution is 9.10. The SMILES string of the molecule is COc1ccc(/C=C2/SC3CCCCC3N(CC(=O)NC(C)c3ccc4c(c3)OCCO4)C2=O)cc1Br. The van der Waals surface area contributed by atoms with E-state index in [4.69, 9.17) is 14.2 Å². The van der Waals surface area contributed by atoms with Crippen molar-refractivity contribution in [1.82, 2.24) is 10.2 Å². The minimum atomic E-state index is -0.230. The number of fused-ring (bicyclic) bond motifs is 2. The molecule has 3 atom stereocenters. The number of methoxy groups -OCH3 is 1. The molecule has 5 rings (SSSR count). The van der Waals surface area contributed by atoms with Gasteiger partial charge in [0.25, 0.3) is 5.91 Å². The first-order chi connectivity index (χ1) is 17.9. The molecule has 1 aliphatic carbocycles. The predicted octanol–water partition coefficient (Wildman–Crippen LogP) is 5.33. The molecule has 3 unspecified atom stereocenters. The summed E-state index contributed by atoms with van der Waals surface area (Å²) in [6.07, 6.45) is 6.11. The van der Waals surface area contributed by atoms with Crippen molar-refractivity contribution in [2.75, 3.05) is 26.9 Å². The van der Waals surface area contributed by atoms with Crippen LogP contribution in [0.15, 0.2) is 45.8 Å². The second-order valence-electron chi connectivity index (χ2n) is 9.54. The molecule has 37 heavy (non-hydrogen) atoms. The number of thioether (sulfide) groups is 1. The van der Waals surface area contributed by atoms with Crippen LogP contribution in [0.25, 0.3) is 6.08 Å². The van der Waals surface area contributed by atoms with Crippen molar-refractivity contribution in [3.05, 3.63) is 56.9 Å². The molecule has 7 nitrogen and oxygen atoms in total. The maximum atomic E-state index is 13.6. The van der Waals surface area contributed by atoms with Crippen LogP contribution in [0.1, 0.15) is 49.8 Å². The summed E-state index contributed by atoms with van der Waals surface area (Å²) in [5.41, 5.74) is 1.84. The Bertz CT molecular complexity index is 1220. The number of benzene rings is 2. The largest absolute Gasteiger partial charge is 0.496 e. The molecule has 2 aromatic rings. The van der Waals surface area contributed by atoms with Gasteiger partial charge in [-0.2, -0.15) is 0 Å².